The third-order valence-electron chi connectivity index (χ3n) is 6.25. The first-order valence-corrected chi connectivity index (χ1v) is 11.7. The van der Waals surface area contributed by atoms with Gasteiger partial charge in [-0.05, 0) is 25.7 Å². The molecule has 1 aliphatic heterocycles. The molecule has 15 heteroatoms. The molecule has 1 aliphatic carbocycles. The Morgan fingerprint density at radius 3 is 2.44 bits per heavy atom. The molecule has 0 radical (unpaired) electrons. The smallest absolute Gasteiger partial charge is 0.202 e. The van der Waals surface area contributed by atoms with E-state index in [9.17, 15) is 29.9 Å². The van der Waals surface area contributed by atoms with Gasteiger partial charge < -0.3 is 73.1 Å². The summed E-state index contributed by atoms with van der Waals surface area (Å²) in [5.41, 5.74) is 23.1. The highest BCUT2D eigenvalue weighted by Crippen LogP contribution is 2.30. The molecule has 6 unspecified atom stereocenters. The lowest BCUT2D eigenvalue weighted by atomic mass is 9.85. The SMILES string of the molecule is CN/C(=C(/O)C1CCC(N)[C@@H](O[C@@H]2C(N)C[C@@H](N)C(O)C2F)O1)C(O)O[C@@H](O)/C=C(\O)[C@H](N)CCO. The molecule has 15 N–H and O–H groups in total. The zero-order valence-corrected chi connectivity index (χ0v) is 20.1. The number of halogens is 1. The van der Waals surface area contributed by atoms with E-state index in [1.807, 2.05) is 0 Å². The Bertz CT molecular complexity index is 763. The molecule has 2 rings (SSSR count). The van der Waals surface area contributed by atoms with Crippen molar-refractivity contribution in [3.05, 3.63) is 23.3 Å². The van der Waals surface area contributed by atoms with Gasteiger partial charge in [0, 0.05) is 31.8 Å². The van der Waals surface area contributed by atoms with Crippen molar-refractivity contribution in [1.29, 1.82) is 0 Å². The second-order valence-corrected chi connectivity index (χ2v) is 8.97. The van der Waals surface area contributed by atoms with Crippen LogP contribution in [0.15, 0.2) is 23.3 Å². The van der Waals surface area contributed by atoms with Crippen LogP contribution in [0.25, 0.3) is 0 Å². The summed E-state index contributed by atoms with van der Waals surface area (Å²) in [5, 5.41) is 62.3. The summed E-state index contributed by atoms with van der Waals surface area (Å²) in [6.45, 7) is -0.290. The molecule has 11 atom stereocenters. The molecule has 1 heterocycles. The van der Waals surface area contributed by atoms with Gasteiger partial charge in [0.05, 0.1) is 12.1 Å². The van der Waals surface area contributed by atoms with Gasteiger partial charge in [0.25, 0.3) is 0 Å². The summed E-state index contributed by atoms with van der Waals surface area (Å²) in [6.07, 6.45) is -9.08. The van der Waals surface area contributed by atoms with E-state index in [0.717, 1.165) is 6.08 Å². The minimum Gasteiger partial charge on any atom is -0.511 e. The minimum absolute atomic E-state index is 0.0329. The van der Waals surface area contributed by atoms with Crippen molar-refractivity contribution in [2.75, 3.05) is 13.7 Å². The zero-order chi connectivity index (χ0) is 27.2. The lowest BCUT2D eigenvalue weighted by Crippen LogP contribution is -2.62. The van der Waals surface area contributed by atoms with Gasteiger partial charge in [-0.2, -0.15) is 0 Å². The topological polar surface area (TPSA) is 265 Å². The van der Waals surface area contributed by atoms with Gasteiger partial charge in [0.2, 0.25) is 6.29 Å². The van der Waals surface area contributed by atoms with Gasteiger partial charge >= 0.3 is 0 Å². The Kier molecular flexibility index (Phi) is 11.7. The number of hydrogen-bond donors (Lipinski definition) is 11. The highest BCUT2D eigenvalue weighted by atomic mass is 19.1. The third kappa shape index (κ3) is 7.69. The van der Waals surface area contributed by atoms with Crippen LogP contribution < -0.4 is 28.3 Å². The summed E-state index contributed by atoms with van der Waals surface area (Å²) in [4.78, 5) is 0. The van der Waals surface area contributed by atoms with Crippen LogP contribution in [0.2, 0.25) is 0 Å². The predicted molar refractivity (Wildman–Crippen MR) is 124 cm³/mol. The summed E-state index contributed by atoms with van der Waals surface area (Å²) in [5.74, 6) is -0.958. The molecule has 210 valence electrons. The number of likely N-dealkylation sites (N-methyl/N-ethyl adjacent to an activating group) is 1. The van der Waals surface area contributed by atoms with Crippen LogP contribution in [0.1, 0.15) is 25.7 Å². The van der Waals surface area contributed by atoms with E-state index in [2.05, 4.69) is 5.32 Å². The van der Waals surface area contributed by atoms with E-state index in [1.54, 1.807) is 0 Å². The van der Waals surface area contributed by atoms with Crippen LogP contribution in [0.3, 0.4) is 0 Å². The molecule has 0 aromatic rings. The van der Waals surface area contributed by atoms with E-state index in [0.29, 0.717) is 0 Å². The summed E-state index contributed by atoms with van der Waals surface area (Å²) in [7, 11) is 1.37. The number of alkyl halides is 1. The van der Waals surface area contributed by atoms with E-state index in [4.69, 9.17) is 42.3 Å². The first kappa shape index (κ1) is 30.6. The van der Waals surface area contributed by atoms with Crippen LogP contribution in [-0.2, 0) is 14.2 Å². The van der Waals surface area contributed by atoms with E-state index < -0.39 is 79.0 Å². The summed E-state index contributed by atoms with van der Waals surface area (Å²) < 4.78 is 31.1. The Morgan fingerprint density at radius 1 is 1.17 bits per heavy atom. The fourth-order valence-electron chi connectivity index (χ4n) is 4.08. The van der Waals surface area contributed by atoms with Gasteiger partial charge in [-0.3, -0.25) is 0 Å². The highest BCUT2D eigenvalue weighted by Gasteiger charge is 2.45. The Balaban J connectivity index is 2.10. The van der Waals surface area contributed by atoms with E-state index in [1.165, 1.54) is 7.05 Å². The zero-order valence-electron chi connectivity index (χ0n) is 20.1. The molecule has 36 heavy (non-hydrogen) atoms. The standard InChI is InChI=1S/C21H40FN5O9/c1-27-16(20(33)35-14(30)7-12(29)8(23)4-5-28)18(32)13-3-2-9(24)21(34-13)36-19-11(26)6-10(25)17(31)15(19)22/h7-11,13-15,17,19-21,27-33H,2-6,23-26H2,1H3/b12-7-,18-16+/t8-,9?,10-,11?,13?,14-,15?,17?,19-,20?,21-/m1/s1. The van der Waals surface area contributed by atoms with Crippen molar-refractivity contribution in [3.8, 4) is 0 Å². The van der Waals surface area contributed by atoms with Crippen LogP contribution in [0.4, 0.5) is 4.39 Å². The normalized spacial score (nSPS) is 37.1. The van der Waals surface area contributed by atoms with Crippen LogP contribution in [0.5, 0.6) is 0 Å². The molecule has 1 saturated carbocycles. The maximum absolute atomic E-state index is 14.7. The Morgan fingerprint density at radius 2 is 1.83 bits per heavy atom. The molecule has 0 aromatic heterocycles. The number of nitrogens with two attached hydrogens (primary N) is 4. The number of rotatable bonds is 11. The Labute approximate surface area is 208 Å². The fraction of sp³-hybridized carbons (Fsp3) is 0.810. The summed E-state index contributed by atoms with van der Waals surface area (Å²) >= 11 is 0. The largest absolute Gasteiger partial charge is 0.511 e. The number of ether oxygens (including phenoxy) is 3. The van der Waals surface area contributed by atoms with Crippen molar-refractivity contribution in [3.63, 3.8) is 0 Å². The highest BCUT2D eigenvalue weighted by molar-refractivity contribution is 5.14. The maximum Gasteiger partial charge on any atom is 0.202 e. The monoisotopic (exact) mass is 525 g/mol. The summed E-state index contributed by atoms with van der Waals surface area (Å²) in [6, 6.07) is -3.31. The molecule has 1 saturated heterocycles. The predicted octanol–water partition coefficient (Wildman–Crippen LogP) is -3.24. The molecule has 0 spiro atoms. The van der Waals surface area contributed by atoms with Crippen molar-refractivity contribution >= 4 is 0 Å². The van der Waals surface area contributed by atoms with Gasteiger partial charge in [-0.15, -0.1) is 0 Å². The van der Waals surface area contributed by atoms with Gasteiger partial charge in [-0.1, -0.05) is 0 Å². The van der Waals surface area contributed by atoms with Crippen molar-refractivity contribution in [2.24, 2.45) is 22.9 Å². The second-order valence-electron chi connectivity index (χ2n) is 8.97. The average molecular weight is 526 g/mol. The Hall–Kier alpha value is -1.63. The maximum atomic E-state index is 14.7. The van der Waals surface area contributed by atoms with Gasteiger partial charge in [-0.25, -0.2) is 4.39 Å². The lowest BCUT2D eigenvalue weighted by molar-refractivity contribution is -0.244. The first-order chi connectivity index (χ1) is 16.9. The molecule has 0 bridgehead atoms. The molecule has 14 nitrogen and oxygen atoms in total. The molecule has 2 aliphatic rings. The molecule has 0 amide bonds. The lowest BCUT2D eigenvalue weighted by Gasteiger charge is -2.42. The number of nitrogens with one attached hydrogen (secondary N) is 1. The van der Waals surface area contributed by atoms with E-state index >= 15 is 0 Å². The van der Waals surface area contributed by atoms with Crippen LogP contribution >= 0.6 is 0 Å². The van der Waals surface area contributed by atoms with Crippen LogP contribution in [-0.4, -0.2) is 112 Å². The average Bonchev–Trinajstić information content (AvgIpc) is 2.81. The number of aliphatic hydroxyl groups excluding tert-OH is 6. The minimum atomic E-state index is -1.89. The van der Waals surface area contributed by atoms with Crippen molar-refractivity contribution < 1.29 is 49.2 Å². The van der Waals surface area contributed by atoms with Crippen molar-refractivity contribution in [1.82, 2.24) is 5.32 Å². The quantitative estimate of drug-likeness (QED) is 0.0935. The molecule has 0 aromatic carbocycles. The number of aliphatic hydroxyl groups is 6. The van der Waals surface area contributed by atoms with E-state index in [-0.39, 0.29) is 38.0 Å². The second kappa shape index (κ2) is 13.8. The van der Waals surface area contributed by atoms with Gasteiger partial charge in [0.15, 0.2) is 18.8 Å². The molecular formula is C21H40FN5O9. The van der Waals surface area contributed by atoms with Crippen LogP contribution in [0, 0.1) is 0 Å². The fourth-order valence-corrected chi connectivity index (χ4v) is 4.08. The first-order valence-electron chi connectivity index (χ1n) is 11.7. The van der Waals surface area contributed by atoms with Gasteiger partial charge in [0.1, 0.15) is 35.5 Å². The molecular weight excluding hydrogens is 485 g/mol. The third-order valence-corrected chi connectivity index (χ3v) is 6.25. The van der Waals surface area contributed by atoms with Crippen molar-refractivity contribution in [2.45, 2.75) is 93.2 Å². The number of hydrogen-bond acceptors (Lipinski definition) is 14. The molecule has 2 fully saturated rings.